The predicted octanol–water partition coefficient (Wildman–Crippen LogP) is 0.962. The Morgan fingerprint density at radius 1 is 1.64 bits per heavy atom. The number of hydrogen-bond donors (Lipinski definition) is 1. The fourth-order valence-electron chi connectivity index (χ4n) is 1.73. The van der Waals surface area contributed by atoms with Gasteiger partial charge < -0.3 is 14.7 Å². The highest BCUT2D eigenvalue weighted by Gasteiger charge is 2.16. The fourth-order valence-corrected chi connectivity index (χ4v) is 1.73. The molecule has 1 aliphatic heterocycles. The first-order valence-electron chi connectivity index (χ1n) is 5.20. The van der Waals surface area contributed by atoms with E-state index in [9.17, 15) is 4.79 Å². The second-order valence-electron chi connectivity index (χ2n) is 3.89. The number of nitrogens with zero attached hydrogens (tertiary/aromatic N) is 1. The number of carboxylic acid groups (broad SMARTS) is 1. The van der Waals surface area contributed by atoms with E-state index in [1.165, 1.54) is 0 Å². The predicted molar refractivity (Wildman–Crippen MR) is 53.3 cm³/mol. The molecule has 1 aliphatic rings. The molecule has 82 valence electrons. The van der Waals surface area contributed by atoms with Crippen LogP contribution in [0.3, 0.4) is 0 Å². The third-order valence-corrected chi connectivity index (χ3v) is 2.47. The first-order chi connectivity index (χ1) is 6.68. The average molecular weight is 201 g/mol. The molecule has 0 aromatic heterocycles. The van der Waals surface area contributed by atoms with E-state index in [0.717, 1.165) is 39.0 Å². The molecule has 0 radical (unpaired) electrons. The topological polar surface area (TPSA) is 49.8 Å². The summed E-state index contributed by atoms with van der Waals surface area (Å²) in [6.45, 7) is 2.65. The molecule has 4 nitrogen and oxygen atoms in total. The van der Waals surface area contributed by atoms with Gasteiger partial charge in [-0.1, -0.05) is 0 Å². The van der Waals surface area contributed by atoms with Crippen molar-refractivity contribution in [3.8, 4) is 0 Å². The Hall–Kier alpha value is -0.610. The standard InChI is InChI=1S/C10H19NO3/c1-11(6-2-5-10(12)13)8-9-4-3-7-14-9/h9H,2-8H2,1H3,(H,12,13). The highest BCUT2D eigenvalue weighted by atomic mass is 16.5. The van der Waals surface area contributed by atoms with Gasteiger partial charge in [0.2, 0.25) is 0 Å². The molecule has 1 atom stereocenters. The Balaban J connectivity index is 2.03. The van der Waals surface area contributed by atoms with Gasteiger partial charge in [-0.05, 0) is 32.9 Å². The van der Waals surface area contributed by atoms with Crippen molar-refractivity contribution in [1.29, 1.82) is 0 Å². The molecule has 0 bridgehead atoms. The van der Waals surface area contributed by atoms with Gasteiger partial charge in [-0.15, -0.1) is 0 Å². The monoisotopic (exact) mass is 201 g/mol. The smallest absolute Gasteiger partial charge is 0.303 e. The molecule has 1 N–H and O–H groups in total. The molecule has 1 saturated heterocycles. The summed E-state index contributed by atoms with van der Waals surface area (Å²) < 4.78 is 5.49. The quantitative estimate of drug-likeness (QED) is 0.695. The van der Waals surface area contributed by atoms with E-state index >= 15 is 0 Å². The van der Waals surface area contributed by atoms with Crippen molar-refractivity contribution in [2.45, 2.75) is 31.8 Å². The Morgan fingerprint density at radius 2 is 2.43 bits per heavy atom. The summed E-state index contributed by atoms with van der Waals surface area (Å²) in [5.41, 5.74) is 0. The molecule has 1 unspecified atom stereocenters. The molecule has 1 heterocycles. The number of carboxylic acids is 1. The van der Waals surface area contributed by atoms with Gasteiger partial charge in [0, 0.05) is 19.6 Å². The summed E-state index contributed by atoms with van der Waals surface area (Å²) in [6, 6.07) is 0. The highest BCUT2D eigenvalue weighted by molar-refractivity contribution is 5.66. The minimum absolute atomic E-state index is 0.260. The number of carbonyl (C=O) groups is 1. The van der Waals surface area contributed by atoms with Gasteiger partial charge in [0.15, 0.2) is 0 Å². The number of likely N-dealkylation sites (N-methyl/N-ethyl adjacent to an activating group) is 1. The van der Waals surface area contributed by atoms with Crippen LogP contribution in [0.25, 0.3) is 0 Å². The van der Waals surface area contributed by atoms with Crippen molar-refractivity contribution in [1.82, 2.24) is 4.90 Å². The fraction of sp³-hybridized carbons (Fsp3) is 0.900. The zero-order valence-corrected chi connectivity index (χ0v) is 8.74. The maximum absolute atomic E-state index is 10.3. The minimum atomic E-state index is -0.712. The Kier molecular flexibility index (Phi) is 4.90. The number of ether oxygens (including phenoxy) is 1. The summed E-state index contributed by atoms with van der Waals surface area (Å²) in [6.07, 6.45) is 3.65. The van der Waals surface area contributed by atoms with E-state index in [1.807, 2.05) is 7.05 Å². The van der Waals surface area contributed by atoms with Gasteiger partial charge in [-0.2, -0.15) is 0 Å². The first-order valence-corrected chi connectivity index (χ1v) is 5.20. The minimum Gasteiger partial charge on any atom is -0.481 e. The van der Waals surface area contributed by atoms with E-state index in [1.54, 1.807) is 0 Å². The molecule has 4 heteroatoms. The van der Waals surface area contributed by atoms with Crippen molar-refractivity contribution in [3.05, 3.63) is 0 Å². The van der Waals surface area contributed by atoms with Crippen LogP contribution in [0.2, 0.25) is 0 Å². The van der Waals surface area contributed by atoms with Crippen molar-refractivity contribution in [2.24, 2.45) is 0 Å². The van der Waals surface area contributed by atoms with Crippen LogP contribution in [0.1, 0.15) is 25.7 Å². The van der Waals surface area contributed by atoms with E-state index in [2.05, 4.69) is 4.90 Å². The Labute approximate surface area is 84.8 Å². The lowest BCUT2D eigenvalue weighted by atomic mass is 10.2. The van der Waals surface area contributed by atoms with Gasteiger partial charge in [-0.3, -0.25) is 4.79 Å². The van der Waals surface area contributed by atoms with Crippen molar-refractivity contribution >= 4 is 5.97 Å². The number of aliphatic carboxylic acids is 1. The van der Waals surface area contributed by atoms with Crippen LogP contribution in [0.15, 0.2) is 0 Å². The largest absolute Gasteiger partial charge is 0.481 e. The first kappa shape index (κ1) is 11.5. The highest BCUT2D eigenvalue weighted by Crippen LogP contribution is 2.12. The third kappa shape index (κ3) is 4.58. The molecule has 0 aromatic rings. The SMILES string of the molecule is CN(CCCC(=O)O)CC1CCCO1. The molecule has 14 heavy (non-hydrogen) atoms. The van der Waals surface area contributed by atoms with E-state index < -0.39 is 5.97 Å². The van der Waals surface area contributed by atoms with Crippen LogP contribution in [0, 0.1) is 0 Å². The number of hydrogen-bond acceptors (Lipinski definition) is 3. The zero-order chi connectivity index (χ0) is 10.4. The molecule has 1 fully saturated rings. The maximum atomic E-state index is 10.3. The lowest BCUT2D eigenvalue weighted by molar-refractivity contribution is -0.137. The van der Waals surface area contributed by atoms with Gasteiger partial charge in [0.1, 0.15) is 0 Å². The summed E-state index contributed by atoms with van der Waals surface area (Å²) in [5, 5.41) is 8.47. The summed E-state index contributed by atoms with van der Waals surface area (Å²) in [7, 11) is 2.02. The Bertz CT molecular complexity index is 178. The second-order valence-corrected chi connectivity index (χ2v) is 3.89. The lowest BCUT2D eigenvalue weighted by Crippen LogP contribution is -2.29. The van der Waals surface area contributed by atoms with Crippen LogP contribution in [-0.2, 0) is 9.53 Å². The Morgan fingerprint density at radius 3 is 3.00 bits per heavy atom. The molecule has 0 aliphatic carbocycles. The van der Waals surface area contributed by atoms with E-state index in [4.69, 9.17) is 9.84 Å². The zero-order valence-electron chi connectivity index (χ0n) is 8.74. The molecule has 1 rings (SSSR count). The van der Waals surface area contributed by atoms with Gasteiger partial charge in [0.05, 0.1) is 6.10 Å². The maximum Gasteiger partial charge on any atom is 0.303 e. The lowest BCUT2D eigenvalue weighted by Gasteiger charge is -2.19. The number of rotatable bonds is 6. The third-order valence-electron chi connectivity index (χ3n) is 2.47. The van der Waals surface area contributed by atoms with Crippen LogP contribution in [0.4, 0.5) is 0 Å². The van der Waals surface area contributed by atoms with Crippen LogP contribution < -0.4 is 0 Å². The summed E-state index contributed by atoms with van der Waals surface area (Å²) >= 11 is 0. The second kappa shape index (κ2) is 5.98. The molecule has 0 amide bonds. The van der Waals surface area contributed by atoms with Crippen molar-refractivity contribution in [3.63, 3.8) is 0 Å². The van der Waals surface area contributed by atoms with Crippen molar-refractivity contribution in [2.75, 3.05) is 26.7 Å². The van der Waals surface area contributed by atoms with E-state index in [-0.39, 0.29) is 6.42 Å². The van der Waals surface area contributed by atoms with E-state index in [0.29, 0.717) is 6.10 Å². The van der Waals surface area contributed by atoms with Gasteiger partial charge >= 0.3 is 5.97 Å². The van der Waals surface area contributed by atoms with Crippen molar-refractivity contribution < 1.29 is 14.6 Å². The summed E-state index contributed by atoms with van der Waals surface area (Å²) in [4.78, 5) is 12.4. The van der Waals surface area contributed by atoms with Gasteiger partial charge in [-0.25, -0.2) is 0 Å². The summed E-state index contributed by atoms with van der Waals surface area (Å²) in [5.74, 6) is -0.712. The molecular formula is C10H19NO3. The normalized spacial score (nSPS) is 21.7. The van der Waals surface area contributed by atoms with Gasteiger partial charge in [0.25, 0.3) is 0 Å². The van der Waals surface area contributed by atoms with Crippen LogP contribution in [0.5, 0.6) is 0 Å². The molecule has 0 aromatic carbocycles. The molecule has 0 saturated carbocycles. The average Bonchev–Trinajstić information content (AvgIpc) is 2.56. The molecule has 0 spiro atoms. The molecular weight excluding hydrogens is 182 g/mol. The van der Waals surface area contributed by atoms with Crippen LogP contribution >= 0.6 is 0 Å². The van der Waals surface area contributed by atoms with Crippen LogP contribution in [-0.4, -0.2) is 48.8 Å².